The summed E-state index contributed by atoms with van der Waals surface area (Å²) in [7, 11) is 1.74. The molecule has 0 aliphatic heterocycles. The van der Waals surface area contributed by atoms with Crippen LogP contribution in [0.25, 0.3) is 0 Å². The third kappa shape index (κ3) is 3.07. The number of benzene rings is 1. The van der Waals surface area contributed by atoms with Crippen molar-refractivity contribution in [2.45, 2.75) is 4.90 Å². The van der Waals surface area contributed by atoms with E-state index in [4.69, 9.17) is 0 Å². The highest BCUT2D eigenvalue weighted by Crippen LogP contribution is 2.37. The van der Waals surface area contributed by atoms with E-state index < -0.39 is 0 Å². The molecule has 0 N–H and O–H groups in total. The maximum atomic E-state index is 2.30. The zero-order valence-corrected chi connectivity index (χ0v) is 12.6. The van der Waals surface area contributed by atoms with Gasteiger partial charge in [-0.1, -0.05) is 21.1 Å². The Balaban J connectivity index is 3.02. The lowest BCUT2D eigenvalue weighted by molar-refractivity contribution is 1.46. The normalized spacial score (nSPS) is 9.73. The van der Waals surface area contributed by atoms with E-state index in [1.807, 2.05) is 0 Å². The van der Waals surface area contributed by atoms with E-state index in [-0.39, 0.29) is 0 Å². The van der Waals surface area contributed by atoms with Crippen molar-refractivity contribution in [1.29, 1.82) is 0 Å². The van der Waals surface area contributed by atoms with Gasteiger partial charge in [0.1, 0.15) is 0 Å². The number of rotatable bonds is 2. The van der Waals surface area contributed by atoms with Crippen LogP contribution in [0, 0.1) is 0 Å². The van der Waals surface area contributed by atoms with Gasteiger partial charge < -0.3 is 0 Å². The minimum absolute atomic E-state index is 1.26. The average molecular weight is 503 g/mol. The molecule has 0 spiro atoms. The monoisotopic (exact) mass is 503 g/mol. The summed E-state index contributed by atoms with van der Waals surface area (Å²) in [6, 6.07) is 8.34. The topological polar surface area (TPSA) is 3.24 Å². The fraction of sp³-hybridized carbons (Fsp3) is 0. The first-order valence-electron chi connectivity index (χ1n) is 2.75. The second-order valence-corrected chi connectivity index (χ2v) is 7.47. The zero-order chi connectivity index (χ0) is 8.27. The molecule has 0 radical (unpaired) electrons. The summed E-state index contributed by atoms with van der Waals surface area (Å²) in [5.41, 5.74) is 1.26. The molecule has 0 atom stereocenters. The van der Waals surface area contributed by atoms with Crippen molar-refractivity contribution in [1.82, 2.24) is 0 Å². The zero-order valence-electron chi connectivity index (χ0n) is 5.30. The molecule has 0 aliphatic rings. The van der Waals surface area contributed by atoms with Crippen molar-refractivity contribution in [3.05, 3.63) is 24.3 Å². The lowest BCUT2D eigenvalue weighted by Crippen LogP contribution is -1.90. The summed E-state index contributed by atoms with van der Waals surface area (Å²) >= 11 is 6.82. The second-order valence-electron chi connectivity index (χ2n) is 1.78. The van der Waals surface area contributed by atoms with Crippen molar-refractivity contribution in [2.75, 3.05) is 1.33 Å². The van der Waals surface area contributed by atoms with Gasteiger partial charge in [-0.25, -0.2) is 0 Å². The SMILES string of the molecule is ISc1ccccc1N(I)I. The van der Waals surface area contributed by atoms with Crippen molar-refractivity contribution < 1.29 is 0 Å². The maximum absolute atomic E-state index is 2.30. The van der Waals surface area contributed by atoms with E-state index in [2.05, 4.69) is 92.5 Å². The van der Waals surface area contributed by atoms with Crippen molar-refractivity contribution >= 4 is 81.6 Å². The minimum Gasteiger partial charge on any atom is -0.254 e. The molecule has 0 saturated carbocycles. The Morgan fingerprint density at radius 1 is 1.18 bits per heavy atom. The van der Waals surface area contributed by atoms with Crippen LogP contribution in [-0.2, 0) is 0 Å². The number of nitrogens with zero attached hydrogens (tertiary/aromatic N) is 1. The Hall–Kier alpha value is 1.56. The Labute approximate surface area is 110 Å². The molecule has 11 heavy (non-hydrogen) atoms. The van der Waals surface area contributed by atoms with Crippen LogP contribution in [0.5, 0.6) is 0 Å². The van der Waals surface area contributed by atoms with Gasteiger partial charge in [-0.05, 0) is 12.1 Å². The van der Waals surface area contributed by atoms with Gasteiger partial charge in [0.15, 0.2) is 0 Å². The molecular weight excluding hydrogens is 499 g/mol. The first-order valence-corrected chi connectivity index (χ1v) is 8.04. The molecule has 0 amide bonds. The van der Waals surface area contributed by atoms with Crippen LogP contribution in [0.4, 0.5) is 5.69 Å². The van der Waals surface area contributed by atoms with Gasteiger partial charge in [-0.2, -0.15) is 0 Å². The molecule has 0 unspecified atom stereocenters. The smallest absolute Gasteiger partial charge is 0.0708 e. The predicted molar refractivity (Wildman–Crippen MR) is 76.8 cm³/mol. The number of hydrogen-bond donors (Lipinski definition) is 0. The van der Waals surface area contributed by atoms with E-state index in [0.29, 0.717) is 0 Å². The molecule has 1 aromatic rings. The fourth-order valence-electron chi connectivity index (χ4n) is 0.662. The molecule has 0 bridgehead atoms. The van der Waals surface area contributed by atoms with Gasteiger partial charge in [0.25, 0.3) is 0 Å². The molecule has 0 heterocycles. The van der Waals surface area contributed by atoms with Gasteiger partial charge in [-0.3, -0.25) is 1.33 Å². The first kappa shape index (κ1) is 10.6. The highest BCUT2D eigenvalue weighted by Gasteiger charge is 2.03. The third-order valence-electron chi connectivity index (χ3n) is 1.13. The van der Waals surface area contributed by atoms with Gasteiger partial charge in [0.2, 0.25) is 0 Å². The first-order chi connectivity index (χ1) is 5.25. The van der Waals surface area contributed by atoms with Crippen LogP contribution >= 0.6 is 75.9 Å². The van der Waals surface area contributed by atoms with Crippen LogP contribution in [0.1, 0.15) is 0 Å². The molecule has 60 valence electrons. The van der Waals surface area contributed by atoms with Crippen LogP contribution in [0.2, 0.25) is 0 Å². The molecule has 0 aromatic heterocycles. The molecule has 1 rings (SSSR count). The van der Waals surface area contributed by atoms with E-state index in [0.717, 1.165) is 0 Å². The second kappa shape index (κ2) is 5.32. The highest BCUT2D eigenvalue weighted by molar-refractivity contribution is 14.2. The Morgan fingerprint density at radius 3 is 2.27 bits per heavy atom. The number of anilines is 1. The van der Waals surface area contributed by atoms with Crippen LogP contribution < -0.4 is 1.33 Å². The van der Waals surface area contributed by atoms with Gasteiger partial charge in [0.05, 0.1) is 51.4 Å². The standard InChI is InChI=1S/C6H4I3NS/c7-10(8)5-3-1-2-4-6(5)11-9/h1-4H. The van der Waals surface area contributed by atoms with Crippen molar-refractivity contribution in [2.24, 2.45) is 0 Å². The van der Waals surface area contributed by atoms with E-state index in [9.17, 15) is 0 Å². The summed E-state index contributed by atoms with van der Waals surface area (Å²) in [5, 5.41) is 0. The van der Waals surface area contributed by atoms with Crippen LogP contribution in [0.3, 0.4) is 0 Å². The molecule has 1 aromatic carbocycles. The Bertz CT molecular complexity index is 241. The predicted octanol–water partition coefficient (Wildman–Crippen LogP) is 4.64. The molecule has 0 fully saturated rings. The summed E-state index contributed by atoms with van der Waals surface area (Å²) in [4.78, 5) is 1.30. The lowest BCUT2D eigenvalue weighted by atomic mass is 10.3. The van der Waals surface area contributed by atoms with Gasteiger partial charge in [-0.15, -0.1) is 0 Å². The molecular formula is C6H4I3NS. The number of halogens is 3. The number of para-hydroxylation sites is 1. The molecule has 0 saturated heterocycles. The quantitative estimate of drug-likeness (QED) is 0.428. The maximum Gasteiger partial charge on any atom is 0.0708 e. The van der Waals surface area contributed by atoms with E-state index in [1.54, 1.807) is 8.93 Å². The van der Waals surface area contributed by atoms with Crippen LogP contribution in [0.15, 0.2) is 29.2 Å². The van der Waals surface area contributed by atoms with E-state index >= 15 is 0 Å². The third-order valence-corrected chi connectivity index (χ3v) is 4.10. The summed E-state index contributed by atoms with van der Waals surface area (Å²) in [6.07, 6.45) is 0. The fourth-order valence-corrected chi connectivity index (χ4v) is 3.32. The molecule has 1 nitrogen and oxygen atoms in total. The van der Waals surface area contributed by atoms with Gasteiger partial charge in [0, 0.05) is 26.1 Å². The summed E-state index contributed by atoms with van der Waals surface area (Å²) in [5.74, 6) is 0. The average Bonchev–Trinajstić information content (AvgIpc) is 2.04. The van der Waals surface area contributed by atoms with Crippen molar-refractivity contribution in [3.63, 3.8) is 0 Å². The van der Waals surface area contributed by atoms with Crippen LogP contribution in [-0.4, -0.2) is 0 Å². The minimum atomic E-state index is 1.26. The van der Waals surface area contributed by atoms with E-state index in [1.165, 1.54) is 10.6 Å². The Kier molecular flexibility index (Phi) is 5.15. The largest absolute Gasteiger partial charge is 0.254 e. The summed E-state index contributed by atoms with van der Waals surface area (Å²) < 4.78 is 2.07. The molecule has 5 heteroatoms. The number of hydrogen-bond acceptors (Lipinski definition) is 2. The highest BCUT2D eigenvalue weighted by atomic mass is 127. The van der Waals surface area contributed by atoms with Crippen molar-refractivity contribution in [3.8, 4) is 0 Å². The summed E-state index contributed by atoms with van der Waals surface area (Å²) in [6.45, 7) is 0. The van der Waals surface area contributed by atoms with Gasteiger partial charge >= 0.3 is 0 Å². The molecule has 0 aliphatic carbocycles. The Morgan fingerprint density at radius 2 is 1.82 bits per heavy atom. The lowest BCUT2D eigenvalue weighted by Gasteiger charge is -2.09.